The highest BCUT2D eigenvalue weighted by atomic mass is 16.5. The average molecular weight is 294 g/mol. The van der Waals surface area contributed by atoms with Crippen LogP contribution in [0.1, 0.15) is 39.5 Å². The number of unbranched alkanes of at least 4 members (excludes halogenated alkanes) is 1. The lowest BCUT2D eigenvalue weighted by Crippen LogP contribution is -2.42. The molecule has 2 amide bonds. The largest absolute Gasteiger partial charge is 0.381 e. The van der Waals surface area contributed by atoms with Crippen LogP contribution in [0.4, 0.5) is 10.6 Å². The molecule has 0 radical (unpaired) electrons. The van der Waals surface area contributed by atoms with Crippen molar-refractivity contribution in [2.45, 2.75) is 52.1 Å². The maximum atomic E-state index is 12.1. The fraction of sp³-hybridized carbons (Fsp3) is 0.733. The molecule has 1 unspecified atom stereocenters. The molecule has 2 rings (SSSR count). The molecule has 0 bridgehead atoms. The quantitative estimate of drug-likeness (QED) is 0.847. The van der Waals surface area contributed by atoms with Crippen molar-refractivity contribution in [3.05, 3.63) is 12.3 Å². The van der Waals surface area contributed by atoms with E-state index >= 15 is 0 Å². The standard InChI is InChI=1S/C15H26N4O2/c1-3-4-9-19-14(5-8-16-19)18-15(20)17-12(2)13-6-10-21-11-7-13/h5,8,12-13H,3-4,6-7,9-11H2,1-2H3,(H2,17,18,20). The lowest BCUT2D eigenvalue weighted by Gasteiger charge is -2.28. The van der Waals surface area contributed by atoms with E-state index in [0.717, 1.165) is 51.3 Å². The number of anilines is 1. The first-order chi connectivity index (χ1) is 10.2. The van der Waals surface area contributed by atoms with Crippen molar-refractivity contribution in [3.8, 4) is 0 Å². The molecule has 1 aliphatic heterocycles. The van der Waals surface area contributed by atoms with Gasteiger partial charge in [-0.3, -0.25) is 5.32 Å². The summed E-state index contributed by atoms with van der Waals surface area (Å²) in [5.41, 5.74) is 0. The van der Waals surface area contributed by atoms with Gasteiger partial charge in [-0.15, -0.1) is 0 Å². The van der Waals surface area contributed by atoms with Crippen LogP contribution in [-0.4, -0.2) is 35.1 Å². The first-order valence-electron chi connectivity index (χ1n) is 7.87. The van der Waals surface area contributed by atoms with Gasteiger partial charge < -0.3 is 10.1 Å². The molecule has 0 aromatic carbocycles. The number of urea groups is 1. The Morgan fingerprint density at radius 1 is 1.52 bits per heavy atom. The summed E-state index contributed by atoms with van der Waals surface area (Å²) in [5.74, 6) is 1.25. The van der Waals surface area contributed by atoms with Crippen molar-refractivity contribution < 1.29 is 9.53 Å². The highest BCUT2D eigenvalue weighted by Crippen LogP contribution is 2.18. The normalized spacial score (nSPS) is 17.4. The summed E-state index contributed by atoms with van der Waals surface area (Å²) in [7, 11) is 0. The van der Waals surface area contributed by atoms with Gasteiger partial charge >= 0.3 is 6.03 Å². The Morgan fingerprint density at radius 2 is 2.29 bits per heavy atom. The number of rotatable bonds is 6. The van der Waals surface area contributed by atoms with Gasteiger partial charge in [-0.1, -0.05) is 13.3 Å². The van der Waals surface area contributed by atoms with E-state index in [1.165, 1.54) is 0 Å². The van der Waals surface area contributed by atoms with Gasteiger partial charge in [0.25, 0.3) is 0 Å². The molecule has 1 atom stereocenters. The lowest BCUT2D eigenvalue weighted by molar-refractivity contribution is 0.0573. The number of nitrogens with one attached hydrogen (secondary N) is 2. The number of carbonyl (C=O) groups excluding carboxylic acids is 1. The van der Waals surface area contributed by atoms with Gasteiger partial charge in [-0.25, -0.2) is 9.48 Å². The summed E-state index contributed by atoms with van der Waals surface area (Å²) in [6.07, 6.45) is 5.89. The minimum Gasteiger partial charge on any atom is -0.381 e. The van der Waals surface area contributed by atoms with Crippen LogP contribution >= 0.6 is 0 Å². The van der Waals surface area contributed by atoms with Gasteiger partial charge in [0, 0.05) is 31.9 Å². The second kappa shape index (κ2) is 8.02. The minimum absolute atomic E-state index is 0.154. The van der Waals surface area contributed by atoms with Crippen LogP contribution in [-0.2, 0) is 11.3 Å². The Morgan fingerprint density at radius 3 is 3.00 bits per heavy atom. The number of hydrogen-bond donors (Lipinski definition) is 2. The summed E-state index contributed by atoms with van der Waals surface area (Å²) in [5, 5.41) is 10.1. The highest BCUT2D eigenvalue weighted by molar-refractivity contribution is 5.88. The van der Waals surface area contributed by atoms with Crippen LogP contribution in [0, 0.1) is 5.92 Å². The highest BCUT2D eigenvalue weighted by Gasteiger charge is 2.22. The molecule has 0 saturated carbocycles. The van der Waals surface area contributed by atoms with Gasteiger partial charge in [-0.2, -0.15) is 5.10 Å². The van der Waals surface area contributed by atoms with Crippen molar-refractivity contribution in [1.29, 1.82) is 0 Å². The monoisotopic (exact) mass is 294 g/mol. The molecule has 1 saturated heterocycles. The summed E-state index contributed by atoms with van der Waals surface area (Å²) in [6.45, 7) is 6.61. The summed E-state index contributed by atoms with van der Waals surface area (Å²) < 4.78 is 7.19. The van der Waals surface area contributed by atoms with Crippen molar-refractivity contribution in [3.63, 3.8) is 0 Å². The van der Waals surface area contributed by atoms with E-state index in [1.54, 1.807) is 6.20 Å². The zero-order valence-electron chi connectivity index (χ0n) is 13.0. The van der Waals surface area contributed by atoms with E-state index in [4.69, 9.17) is 4.74 Å². The number of aryl methyl sites for hydroxylation is 1. The molecule has 2 heterocycles. The molecule has 6 nitrogen and oxygen atoms in total. The van der Waals surface area contributed by atoms with E-state index in [9.17, 15) is 4.79 Å². The zero-order valence-corrected chi connectivity index (χ0v) is 13.0. The Labute approximate surface area is 126 Å². The molecule has 0 spiro atoms. The third-order valence-electron chi connectivity index (χ3n) is 4.01. The first kappa shape index (κ1) is 15.8. The van der Waals surface area contributed by atoms with E-state index in [0.29, 0.717) is 5.92 Å². The summed E-state index contributed by atoms with van der Waals surface area (Å²) in [6, 6.07) is 1.82. The van der Waals surface area contributed by atoms with Gasteiger partial charge in [0.05, 0.1) is 6.20 Å². The number of carbonyl (C=O) groups is 1. The summed E-state index contributed by atoms with van der Waals surface area (Å²) >= 11 is 0. The Balaban J connectivity index is 1.82. The fourth-order valence-corrected chi connectivity index (χ4v) is 2.62. The predicted molar refractivity (Wildman–Crippen MR) is 82.3 cm³/mol. The maximum Gasteiger partial charge on any atom is 0.320 e. The number of hydrogen-bond acceptors (Lipinski definition) is 3. The predicted octanol–water partition coefficient (Wildman–Crippen LogP) is 2.62. The van der Waals surface area contributed by atoms with Gasteiger partial charge in [0.15, 0.2) is 0 Å². The van der Waals surface area contributed by atoms with Crippen LogP contribution in [0.3, 0.4) is 0 Å². The zero-order chi connectivity index (χ0) is 15.1. The molecule has 1 aromatic rings. The Kier molecular flexibility index (Phi) is 6.04. The van der Waals surface area contributed by atoms with Gasteiger partial charge in [0.1, 0.15) is 5.82 Å². The molecular weight excluding hydrogens is 268 g/mol. The maximum absolute atomic E-state index is 12.1. The number of amides is 2. The molecule has 1 aromatic heterocycles. The van der Waals surface area contributed by atoms with Crippen LogP contribution in [0.2, 0.25) is 0 Å². The van der Waals surface area contributed by atoms with Gasteiger partial charge in [0.2, 0.25) is 0 Å². The summed E-state index contributed by atoms with van der Waals surface area (Å²) in [4.78, 5) is 12.1. The van der Waals surface area contributed by atoms with Crippen molar-refractivity contribution in [2.24, 2.45) is 5.92 Å². The molecule has 118 valence electrons. The number of ether oxygens (including phenoxy) is 1. The van der Waals surface area contributed by atoms with Gasteiger partial charge in [-0.05, 0) is 32.1 Å². The SMILES string of the molecule is CCCCn1nccc1NC(=O)NC(C)C1CCOCC1. The topological polar surface area (TPSA) is 68.2 Å². The van der Waals surface area contributed by atoms with E-state index in [-0.39, 0.29) is 12.1 Å². The van der Waals surface area contributed by atoms with Crippen molar-refractivity contribution in [2.75, 3.05) is 18.5 Å². The van der Waals surface area contributed by atoms with Crippen LogP contribution in [0.25, 0.3) is 0 Å². The average Bonchev–Trinajstić information content (AvgIpc) is 2.93. The van der Waals surface area contributed by atoms with Crippen molar-refractivity contribution in [1.82, 2.24) is 15.1 Å². The van der Waals surface area contributed by atoms with Crippen LogP contribution < -0.4 is 10.6 Å². The second-order valence-corrected chi connectivity index (χ2v) is 5.63. The smallest absolute Gasteiger partial charge is 0.320 e. The van der Waals surface area contributed by atoms with Crippen LogP contribution in [0.5, 0.6) is 0 Å². The third kappa shape index (κ3) is 4.74. The third-order valence-corrected chi connectivity index (χ3v) is 4.01. The second-order valence-electron chi connectivity index (χ2n) is 5.63. The Bertz CT molecular complexity index is 441. The molecule has 2 N–H and O–H groups in total. The Hall–Kier alpha value is -1.56. The molecule has 0 aliphatic carbocycles. The van der Waals surface area contributed by atoms with Crippen molar-refractivity contribution >= 4 is 11.8 Å². The fourth-order valence-electron chi connectivity index (χ4n) is 2.62. The van der Waals surface area contributed by atoms with Crippen LogP contribution in [0.15, 0.2) is 12.3 Å². The van der Waals surface area contributed by atoms with E-state index < -0.39 is 0 Å². The number of aromatic nitrogens is 2. The molecule has 1 fully saturated rings. The minimum atomic E-state index is -0.160. The number of nitrogens with zero attached hydrogens (tertiary/aromatic N) is 2. The molecule has 1 aliphatic rings. The lowest BCUT2D eigenvalue weighted by atomic mass is 9.93. The molecule has 6 heteroatoms. The van der Waals surface area contributed by atoms with E-state index in [1.807, 2.05) is 10.7 Å². The molecule has 21 heavy (non-hydrogen) atoms. The first-order valence-corrected chi connectivity index (χ1v) is 7.87. The molecular formula is C15H26N4O2. The van der Waals surface area contributed by atoms with E-state index in [2.05, 4.69) is 29.6 Å².